The van der Waals surface area contributed by atoms with E-state index in [1.807, 2.05) is 39.0 Å². The van der Waals surface area contributed by atoms with E-state index < -0.39 is 65.2 Å². The highest BCUT2D eigenvalue weighted by atomic mass is 16.6. The quantitative estimate of drug-likeness (QED) is 0.221. The van der Waals surface area contributed by atoms with E-state index in [9.17, 15) is 24.3 Å². The average molecular weight is 640 g/mol. The van der Waals surface area contributed by atoms with Gasteiger partial charge >= 0.3 is 5.97 Å². The molecule has 4 rings (SSSR count). The molecule has 8 atom stereocenters. The highest BCUT2D eigenvalue weighted by Crippen LogP contribution is 2.59. The Balaban J connectivity index is 1.71. The van der Waals surface area contributed by atoms with Gasteiger partial charge in [-0.1, -0.05) is 42.5 Å². The lowest BCUT2D eigenvalue weighted by atomic mass is 9.70. The SMILES string of the molecule is C=CCCC(=O)N[C@H](COC)[C@H](OC(=O)[C@@H]1[C@H]2C(=O)N([C@H](C)CO)[C@H](C(=O)N(CC=C)C(C)(C)C)[C@]23CC[C@H]1O3)c1ccccc1. The number of fused-ring (bicyclic) bond motifs is 1. The molecule has 3 aliphatic heterocycles. The van der Waals surface area contributed by atoms with Gasteiger partial charge < -0.3 is 34.4 Å². The maximum Gasteiger partial charge on any atom is 0.313 e. The third kappa shape index (κ3) is 6.63. The molecule has 3 saturated heterocycles. The molecule has 0 unspecified atom stereocenters. The average Bonchev–Trinajstić information content (AvgIpc) is 3.67. The zero-order valence-corrected chi connectivity index (χ0v) is 27.6. The van der Waals surface area contributed by atoms with E-state index in [2.05, 4.69) is 18.5 Å². The number of hydrogen-bond donors (Lipinski definition) is 2. The van der Waals surface area contributed by atoms with Crippen LogP contribution in [0.3, 0.4) is 0 Å². The van der Waals surface area contributed by atoms with Gasteiger partial charge in [-0.2, -0.15) is 0 Å². The Morgan fingerprint density at radius 1 is 1.22 bits per heavy atom. The Morgan fingerprint density at radius 2 is 1.91 bits per heavy atom. The van der Waals surface area contributed by atoms with E-state index in [0.717, 1.165) is 0 Å². The molecule has 3 amide bonds. The molecule has 0 aliphatic carbocycles. The maximum atomic E-state index is 14.4. The second-order valence-electron chi connectivity index (χ2n) is 13.5. The second-order valence-corrected chi connectivity index (χ2v) is 13.5. The Morgan fingerprint density at radius 3 is 2.50 bits per heavy atom. The number of carbonyl (C=O) groups excluding carboxylic acids is 4. The number of carbonyl (C=O) groups is 4. The molecule has 1 aromatic rings. The number of nitrogens with zero attached hydrogens (tertiary/aromatic N) is 2. The van der Waals surface area contributed by atoms with Gasteiger partial charge in [-0.05, 0) is 52.5 Å². The van der Waals surface area contributed by atoms with Gasteiger partial charge in [-0.3, -0.25) is 19.2 Å². The Kier molecular flexibility index (Phi) is 11.1. The number of hydrogen-bond acceptors (Lipinski definition) is 8. The van der Waals surface area contributed by atoms with Crippen molar-refractivity contribution in [1.82, 2.24) is 15.1 Å². The normalized spacial score (nSPS) is 27.0. The predicted octanol–water partition coefficient (Wildman–Crippen LogP) is 2.94. The summed E-state index contributed by atoms with van der Waals surface area (Å²) >= 11 is 0. The molecule has 3 heterocycles. The van der Waals surface area contributed by atoms with Crippen molar-refractivity contribution in [2.24, 2.45) is 11.8 Å². The summed E-state index contributed by atoms with van der Waals surface area (Å²) in [6.45, 7) is 14.8. The van der Waals surface area contributed by atoms with Crippen LogP contribution in [0.2, 0.25) is 0 Å². The number of ether oxygens (including phenoxy) is 3. The smallest absolute Gasteiger partial charge is 0.313 e. The van der Waals surface area contributed by atoms with Crippen LogP contribution in [0.4, 0.5) is 0 Å². The molecule has 0 aromatic heterocycles. The lowest BCUT2D eigenvalue weighted by molar-refractivity contribution is -0.163. The van der Waals surface area contributed by atoms with Gasteiger partial charge in [0, 0.05) is 25.6 Å². The van der Waals surface area contributed by atoms with E-state index in [1.165, 1.54) is 12.0 Å². The minimum absolute atomic E-state index is 0.0634. The fourth-order valence-corrected chi connectivity index (χ4v) is 7.30. The van der Waals surface area contributed by atoms with Crippen molar-refractivity contribution in [2.75, 3.05) is 26.9 Å². The maximum absolute atomic E-state index is 14.4. The third-order valence-corrected chi connectivity index (χ3v) is 9.38. The molecule has 0 saturated carbocycles. The number of nitrogens with one attached hydrogen (secondary N) is 1. The first-order valence-electron chi connectivity index (χ1n) is 16.0. The van der Waals surface area contributed by atoms with Crippen molar-refractivity contribution in [3.63, 3.8) is 0 Å². The van der Waals surface area contributed by atoms with Crippen molar-refractivity contribution in [3.05, 3.63) is 61.2 Å². The largest absolute Gasteiger partial charge is 0.455 e. The first kappa shape index (κ1) is 35.3. The summed E-state index contributed by atoms with van der Waals surface area (Å²) in [4.78, 5) is 58.9. The molecular weight excluding hydrogens is 590 g/mol. The summed E-state index contributed by atoms with van der Waals surface area (Å²) in [6.07, 6.45) is 3.29. The van der Waals surface area contributed by atoms with E-state index in [-0.39, 0.29) is 38.0 Å². The minimum Gasteiger partial charge on any atom is -0.455 e. The Bertz CT molecular complexity index is 1300. The molecule has 0 radical (unpaired) electrons. The minimum atomic E-state index is -1.26. The van der Waals surface area contributed by atoms with Gasteiger partial charge in [0.1, 0.15) is 17.7 Å². The highest BCUT2D eigenvalue weighted by Gasteiger charge is 2.75. The Labute approximate surface area is 271 Å². The van der Waals surface area contributed by atoms with Gasteiger partial charge in [-0.25, -0.2) is 0 Å². The molecule has 46 heavy (non-hydrogen) atoms. The van der Waals surface area contributed by atoms with Crippen molar-refractivity contribution >= 4 is 23.7 Å². The zero-order valence-electron chi connectivity index (χ0n) is 27.6. The molecule has 1 spiro atoms. The van der Waals surface area contributed by atoms with E-state index in [0.29, 0.717) is 24.8 Å². The number of rotatable bonds is 15. The monoisotopic (exact) mass is 639 g/mol. The number of benzene rings is 1. The molecule has 2 bridgehead atoms. The number of aliphatic hydroxyl groups is 1. The van der Waals surface area contributed by atoms with Crippen LogP contribution < -0.4 is 5.32 Å². The van der Waals surface area contributed by atoms with Crippen LogP contribution in [-0.2, 0) is 33.4 Å². The molecule has 3 aliphatic rings. The molecule has 11 nitrogen and oxygen atoms in total. The predicted molar refractivity (Wildman–Crippen MR) is 171 cm³/mol. The van der Waals surface area contributed by atoms with Crippen LogP contribution in [0, 0.1) is 11.8 Å². The molecule has 3 fully saturated rings. The zero-order chi connectivity index (χ0) is 33.8. The van der Waals surface area contributed by atoms with Crippen LogP contribution in [0.5, 0.6) is 0 Å². The number of likely N-dealkylation sites (tertiary alicyclic amines) is 1. The summed E-state index contributed by atoms with van der Waals surface area (Å²) in [5.74, 6) is -3.59. The first-order valence-corrected chi connectivity index (χ1v) is 16.0. The van der Waals surface area contributed by atoms with E-state index in [1.54, 1.807) is 36.1 Å². The van der Waals surface area contributed by atoms with Crippen molar-refractivity contribution in [2.45, 2.75) is 94.9 Å². The molecule has 252 valence electrons. The van der Waals surface area contributed by atoms with E-state index >= 15 is 0 Å². The van der Waals surface area contributed by atoms with Gasteiger partial charge in [0.05, 0.1) is 43.2 Å². The van der Waals surface area contributed by atoms with Crippen molar-refractivity contribution < 1.29 is 38.5 Å². The summed E-state index contributed by atoms with van der Waals surface area (Å²) in [5, 5.41) is 13.1. The number of allylic oxidation sites excluding steroid dienone is 1. The van der Waals surface area contributed by atoms with Gasteiger partial charge in [-0.15, -0.1) is 13.2 Å². The van der Waals surface area contributed by atoms with E-state index in [4.69, 9.17) is 14.2 Å². The van der Waals surface area contributed by atoms with Crippen LogP contribution in [0.1, 0.15) is 65.0 Å². The summed E-state index contributed by atoms with van der Waals surface area (Å²) in [5.41, 5.74) is -1.21. The number of methoxy groups -OCH3 is 1. The Hall–Kier alpha value is -3.54. The number of esters is 1. The number of amides is 3. The van der Waals surface area contributed by atoms with Gasteiger partial charge in [0.2, 0.25) is 17.7 Å². The molecule has 1 aromatic carbocycles. The second kappa shape index (κ2) is 14.5. The highest BCUT2D eigenvalue weighted by molar-refractivity contribution is 5.98. The lowest BCUT2D eigenvalue weighted by Crippen LogP contribution is -2.61. The summed E-state index contributed by atoms with van der Waals surface area (Å²) in [7, 11) is 1.50. The van der Waals surface area contributed by atoms with Crippen LogP contribution in [-0.4, -0.2) is 101 Å². The van der Waals surface area contributed by atoms with Crippen molar-refractivity contribution in [3.8, 4) is 0 Å². The van der Waals surface area contributed by atoms with Crippen LogP contribution in [0.25, 0.3) is 0 Å². The van der Waals surface area contributed by atoms with Gasteiger partial charge in [0.15, 0.2) is 0 Å². The third-order valence-electron chi connectivity index (χ3n) is 9.38. The fraction of sp³-hybridized carbons (Fsp3) is 0.600. The fourth-order valence-electron chi connectivity index (χ4n) is 7.30. The molecule has 2 N–H and O–H groups in total. The lowest BCUT2D eigenvalue weighted by Gasteiger charge is -2.43. The molecular formula is C35H49N3O8. The summed E-state index contributed by atoms with van der Waals surface area (Å²) < 4.78 is 18.2. The standard InChI is InChI=1S/C35H49N3O8/c1-8-10-16-26(40)36-24(21-44-7)29(23-14-12-11-13-15-23)45-33(43)27-25-17-18-35(46-25)28(27)31(41)38(22(3)20-39)30(35)32(42)37(19-9-2)34(4,5)6/h8-9,11-15,22,24-25,27-30,39H,1-2,10,16-21H2,3-7H3,(H,36,40)/t22-,24-,25-,27+,28+,29-,30-,35+/m1/s1. The van der Waals surface area contributed by atoms with Crippen molar-refractivity contribution in [1.29, 1.82) is 0 Å². The molecule has 11 heteroatoms. The van der Waals surface area contributed by atoms with Gasteiger partial charge in [0.25, 0.3) is 0 Å². The topological polar surface area (TPSA) is 135 Å². The summed E-state index contributed by atoms with van der Waals surface area (Å²) in [6, 6.07) is 6.61. The van der Waals surface area contributed by atoms with Crippen LogP contribution >= 0.6 is 0 Å². The first-order chi connectivity index (χ1) is 21.9. The number of aliphatic hydroxyl groups excluding tert-OH is 1. The van der Waals surface area contributed by atoms with Crippen LogP contribution in [0.15, 0.2) is 55.6 Å².